The van der Waals surface area contributed by atoms with Crippen molar-refractivity contribution in [2.45, 2.75) is 37.7 Å². The second-order valence-electron chi connectivity index (χ2n) is 6.29. The van der Waals surface area contributed by atoms with Crippen molar-refractivity contribution in [1.29, 1.82) is 0 Å². The molecular formula is C21H23ClN2O4S. The summed E-state index contributed by atoms with van der Waals surface area (Å²) in [5.41, 5.74) is 1.18. The molecule has 0 saturated heterocycles. The van der Waals surface area contributed by atoms with Crippen molar-refractivity contribution in [2.75, 3.05) is 16.4 Å². The molecule has 2 N–H and O–H groups in total. The van der Waals surface area contributed by atoms with Gasteiger partial charge in [0.2, 0.25) is 5.91 Å². The minimum atomic E-state index is -0.901. The van der Waals surface area contributed by atoms with E-state index in [0.29, 0.717) is 22.8 Å². The number of thioether (sulfide) groups is 1. The van der Waals surface area contributed by atoms with Gasteiger partial charge in [0.05, 0.1) is 0 Å². The summed E-state index contributed by atoms with van der Waals surface area (Å²) in [5, 5.41) is 6.01. The molecule has 29 heavy (non-hydrogen) atoms. The molecule has 0 aliphatic rings. The first-order valence-corrected chi connectivity index (χ1v) is 10.5. The average Bonchev–Trinajstić information content (AvgIpc) is 2.67. The number of rotatable bonds is 9. The van der Waals surface area contributed by atoms with Gasteiger partial charge in [0.25, 0.3) is 5.91 Å². The lowest BCUT2D eigenvalue weighted by Gasteiger charge is -2.14. The second-order valence-corrected chi connectivity index (χ2v) is 7.89. The van der Waals surface area contributed by atoms with Crippen molar-refractivity contribution in [3.8, 4) is 0 Å². The SMILES string of the molecule is CC(=O)Nc1ccc(NC(=O)C(C)OC(=O)CCCSc2ccc(Cl)cc2)cc1. The van der Waals surface area contributed by atoms with Crippen molar-refractivity contribution in [3.05, 3.63) is 53.6 Å². The lowest BCUT2D eigenvalue weighted by Crippen LogP contribution is -2.29. The molecule has 2 aromatic rings. The van der Waals surface area contributed by atoms with Crippen LogP contribution in [-0.4, -0.2) is 29.6 Å². The molecule has 0 spiro atoms. The molecule has 0 radical (unpaired) electrons. The number of carbonyl (C=O) groups excluding carboxylic acids is 3. The fourth-order valence-corrected chi connectivity index (χ4v) is 3.31. The number of esters is 1. The van der Waals surface area contributed by atoms with Crippen LogP contribution in [0.1, 0.15) is 26.7 Å². The van der Waals surface area contributed by atoms with E-state index < -0.39 is 18.0 Å². The minimum Gasteiger partial charge on any atom is -0.453 e. The number of hydrogen-bond acceptors (Lipinski definition) is 5. The molecule has 2 aromatic carbocycles. The summed E-state index contributed by atoms with van der Waals surface area (Å²) in [5.74, 6) is -0.238. The van der Waals surface area contributed by atoms with E-state index in [1.54, 1.807) is 36.0 Å². The van der Waals surface area contributed by atoms with Crippen LogP contribution < -0.4 is 10.6 Å². The average molecular weight is 435 g/mol. The Morgan fingerprint density at radius 1 is 1.00 bits per heavy atom. The number of benzene rings is 2. The van der Waals surface area contributed by atoms with E-state index in [4.69, 9.17) is 16.3 Å². The van der Waals surface area contributed by atoms with E-state index in [1.807, 2.05) is 24.3 Å². The van der Waals surface area contributed by atoms with Gasteiger partial charge in [0.15, 0.2) is 6.10 Å². The fourth-order valence-electron chi connectivity index (χ4n) is 2.33. The third-order valence-corrected chi connectivity index (χ3v) is 5.11. The van der Waals surface area contributed by atoms with Gasteiger partial charge in [-0.05, 0) is 67.6 Å². The first kappa shape index (κ1) is 22.8. The minimum absolute atomic E-state index is 0.172. The van der Waals surface area contributed by atoms with Gasteiger partial charge in [-0.1, -0.05) is 11.6 Å². The molecule has 1 unspecified atom stereocenters. The molecule has 0 fully saturated rings. The van der Waals surface area contributed by atoms with Crippen molar-refractivity contribution in [2.24, 2.45) is 0 Å². The number of halogens is 1. The maximum absolute atomic E-state index is 12.2. The number of carbonyl (C=O) groups is 3. The van der Waals surface area contributed by atoms with Crippen LogP contribution in [0.2, 0.25) is 5.02 Å². The van der Waals surface area contributed by atoms with E-state index in [9.17, 15) is 14.4 Å². The number of ether oxygens (including phenoxy) is 1. The predicted octanol–water partition coefficient (Wildman–Crippen LogP) is 4.74. The van der Waals surface area contributed by atoms with Crippen LogP contribution in [0.25, 0.3) is 0 Å². The van der Waals surface area contributed by atoms with Crippen LogP contribution in [0, 0.1) is 0 Å². The summed E-state index contributed by atoms with van der Waals surface area (Å²) in [4.78, 5) is 36.2. The lowest BCUT2D eigenvalue weighted by molar-refractivity contribution is -0.153. The zero-order valence-electron chi connectivity index (χ0n) is 16.2. The highest BCUT2D eigenvalue weighted by Gasteiger charge is 2.17. The van der Waals surface area contributed by atoms with Crippen molar-refractivity contribution >= 4 is 52.5 Å². The third-order valence-electron chi connectivity index (χ3n) is 3.76. The van der Waals surface area contributed by atoms with Gasteiger partial charge in [-0.2, -0.15) is 0 Å². The third kappa shape index (κ3) is 8.58. The zero-order chi connectivity index (χ0) is 21.2. The van der Waals surface area contributed by atoms with E-state index in [0.717, 1.165) is 10.6 Å². The molecule has 0 aromatic heterocycles. The first-order chi connectivity index (χ1) is 13.8. The van der Waals surface area contributed by atoms with Gasteiger partial charge >= 0.3 is 5.97 Å². The summed E-state index contributed by atoms with van der Waals surface area (Å²) in [6.07, 6.45) is -0.0178. The topological polar surface area (TPSA) is 84.5 Å². The Morgan fingerprint density at radius 3 is 2.17 bits per heavy atom. The normalized spacial score (nSPS) is 11.4. The molecular weight excluding hydrogens is 412 g/mol. The van der Waals surface area contributed by atoms with Crippen LogP contribution in [0.3, 0.4) is 0 Å². The molecule has 0 aliphatic heterocycles. The van der Waals surface area contributed by atoms with Gasteiger partial charge in [-0.25, -0.2) is 0 Å². The molecule has 2 amide bonds. The monoisotopic (exact) mass is 434 g/mol. The van der Waals surface area contributed by atoms with Crippen LogP contribution in [0.4, 0.5) is 11.4 Å². The molecule has 2 rings (SSSR count). The molecule has 0 heterocycles. The van der Waals surface area contributed by atoms with Gasteiger partial charge in [-0.3, -0.25) is 14.4 Å². The standard InChI is InChI=1S/C21H23ClN2O4S/c1-14(21(27)24-18-9-7-17(8-10-18)23-15(2)25)28-20(26)4-3-13-29-19-11-5-16(22)6-12-19/h5-12,14H,3-4,13H2,1-2H3,(H,23,25)(H,24,27). The Kier molecular flexibility index (Phi) is 9.02. The molecule has 0 bridgehead atoms. The summed E-state index contributed by atoms with van der Waals surface area (Å²) in [6.45, 7) is 2.95. The number of hydrogen-bond donors (Lipinski definition) is 2. The fraction of sp³-hybridized carbons (Fsp3) is 0.286. The van der Waals surface area contributed by atoms with Gasteiger partial charge in [0.1, 0.15) is 0 Å². The Morgan fingerprint density at radius 2 is 1.59 bits per heavy atom. The number of amides is 2. The summed E-state index contributed by atoms with van der Waals surface area (Å²) in [6, 6.07) is 14.2. The quantitative estimate of drug-likeness (QED) is 0.338. The highest BCUT2D eigenvalue weighted by Crippen LogP contribution is 2.21. The van der Waals surface area contributed by atoms with Gasteiger partial charge < -0.3 is 15.4 Å². The van der Waals surface area contributed by atoms with Gasteiger partial charge in [-0.15, -0.1) is 11.8 Å². The van der Waals surface area contributed by atoms with Crippen molar-refractivity contribution in [1.82, 2.24) is 0 Å². The Bertz CT molecular complexity index is 841. The Hall–Kier alpha value is -2.51. The van der Waals surface area contributed by atoms with E-state index in [-0.39, 0.29) is 12.3 Å². The second kappa shape index (κ2) is 11.5. The number of anilines is 2. The van der Waals surface area contributed by atoms with Crippen LogP contribution in [-0.2, 0) is 19.1 Å². The van der Waals surface area contributed by atoms with E-state index in [1.165, 1.54) is 13.8 Å². The summed E-state index contributed by atoms with van der Waals surface area (Å²) >= 11 is 7.48. The van der Waals surface area contributed by atoms with Crippen molar-refractivity contribution < 1.29 is 19.1 Å². The van der Waals surface area contributed by atoms with Gasteiger partial charge in [0, 0.05) is 34.6 Å². The molecule has 6 nitrogen and oxygen atoms in total. The maximum Gasteiger partial charge on any atom is 0.306 e. The Labute approximate surface area is 179 Å². The van der Waals surface area contributed by atoms with Crippen LogP contribution >= 0.6 is 23.4 Å². The van der Waals surface area contributed by atoms with E-state index >= 15 is 0 Å². The predicted molar refractivity (Wildman–Crippen MR) is 116 cm³/mol. The van der Waals surface area contributed by atoms with Crippen LogP contribution in [0.15, 0.2) is 53.4 Å². The summed E-state index contributed by atoms with van der Waals surface area (Å²) < 4.78 is 5.19. The zero-order valence-corrected chi connectivity index (χ0v) is 17.8. The molecule has 154 valence electrons. The molecule has 0 aliphatic carbocycles. The Balaban J connectivity index is 1.69. The summed E-state index contributed by atoms with van der Waals surface area (Å²) in [7, 11) is 0. The van der Waals surface area contributed by atoms with Crippen molar-refractivity contribution in [3.63, 3.8) is 0 Å². The lowest BCUT2D eigenvalue weighted by atomic mass is 10.2. The molecule has 1 atom stereocenters. The molecule has 0 saturated carbocycles. The first-order valence-electron chi connectivity index (χ1n) is 9.10. The highest BCUT2D eigenvalue weighted by molar-refractivity contribution is 7.99. The smallest absolute Gasteiger partial charge is 0.306 e. The number of nitrogens with one attached hydrogen (secondary N) is 2. The largest absolute Gasteiger partial charge is 0.453 e. The van der Waals surface area contributed by atoms with Crippen LogP contribution in [0.5, 0.6) is 0 Å². The van der Waals surface area contributed by atoms with E-state index in [2.05, 4.69) is 10.6 Å². The highest BCUT2D eigenvalue weighted by atomic mass is 35.5. The maximum atomic E-state index is 12.2. The molecule has 8 heteroatoms.